The van der Waals surface area contributed by atoms with Gasteiger partial charge in [0, 0.05) is 31.5 Å². The van der Waals surface area contributed by atoms with Crippen molar-refractivity contribution in [2.45, 2.75) is 47.0 Å². The van der Waals surface area contributed by atoms with E-state index in [-0.39, 0.29) is 35.0 Å². The van der Waals surface area contributed by atoms with Crippen LogP contribution in [-0.4, -0.2) is 34.4 Å². The number of fused-ring (bicyclic) bond motifs is 1. The summed E-state index contributed by atoms with van der Waals surface area (Å²) in [6.45, 7) is 7.01. The van der Waals surface area contributed by atoms with Gasteiger partial charge in [-0.3, -0.25) is 19.2 Å². The predicted molar refractivity (Wildman–Crippen MR) is 146 cm³/mol. The number of esters is 2. The lowest BCUT2D eigenvalue weighted by Crippen LogP contribution is -2.41. The molecule has 0 amide bonds. The quantitative estimate of drug-likeness (QED) is 0.216. The molecule has 4 rings (SSSR count). The van der Waals surface area contributed by atoms with Gasteiger partial charge in [-0.05, 0) is 74.5 Å². The summed E-state index contributed by atoms with van der Waals surface area (Å²) in [5.41, 5.74) is 1.03. The van der Waals surface area contributed by atoms with Crippen LogP contribution in [0.5, 0.6) is 11.5 Å². The maximum atomic E-state index is 14.0. The second-order valence-electron chi connectivity index (χ2n) is 10.5. The number of allylic oxidation sites excluding steroid dienone is 4. The Morgan fingerprint density at radius 2 is 1.82 bits per heavy atom. The number of benzene rings is 1. The summed E-state index contributed by atoms with van der Waals surface area (Å²) in [5, 5.41) is 11.2. The molecule has 2 aromatic rings. The molecule has 0 unspecified atom stereocenters. The van der Waals surface area contributed by atoms with Crippen LogP contribution in [0.25, 0.3) is 11.1 Å². The standard InChI is InChI=1S/C31H35NO7/c1-5-6-24-25-14-20(16-38-18(3)33)7-12-23(25)17(2)13-26(24)29(35)28-30(36)27(15-32-31(28)37)21-8-10-22(11-9-21)39-19(4)34/h5-6,8-11,13,15,20,23-26H,7,12,14,16H2,1-4H3,(H2,32,36,37)/b6-5+/t20-,23+,24+,25-,26+/m0/s1. The zero-order valence-corrected chi connectivity index (χ0v) is 22.7. The average Bonchev–Trinajstić information content (AvgIpc) is 2.89. The first-order valence-corrected chi connectivity index (χ1v) is 13.3. The molecule has 1 aromatic heterocycles. The van der Waals surface area contributed by atoms with E-state index >= 15 is 0 Å². The first-order chi connectivity index (χ1) is 18.6. The summed E-state index contributed by atoms with van der Waals surface area (Å²) in [6, 6.07) is 6.44. The van der Waals surface area contributed by atoms with Crippen molar-refractivity contribution < 1.29 is 29.0 Å². The molecule has 2 aliphatic rings. The second kappa shape index (κ2) is 11.8. The van der Waals surface area contributed by atoms with Gasteiger partial charge in [-0.2, -0.15) is 0 Å². The van der Waals surface area contributed by atoms with Crippen LogP contribution in [0.15, 0.2) is 59.1 Å². The van der Waals surface area contributed by atoms with Gasteiger partial charge in [-0.15, -0.1) is 0 Å². The van der Waals surface area contributed by atoms with Crippen molar-refractivity contribution in [1.82, 2.24) is 4.98 Å². The van der Waals surface area contributed by atoms with Crippen molar-refractivity contribution in [2.24, 2.45) is 29.6 Å². The van der Waals surface area contributed by atoms with Crippen LogP contribution in [0.4, 0.5) is 0 Å². The summed E-state index contributed by atoms with van der Waals surface area (Å²) >= 11 is 0. The fourth-order valence-corrected chi connectivity index (χ4v) is 6.20. The van der Waals surface area contributed by atoms with E-state index in [9.17, 15) is 24.3 Å². The number of hydrogen-bond acceptors (Lipinski definition) is 7. The summed E-state index contributed by atoms with van der Waals surface area (Å²) in [6.07, 6.45) is 9.98. The molecule has 1 fully saturated rings. The molecule has 0 saturated heterocycles. The number of carbonyl (C=O) groups excluding carboxylic acids is 3. The van der Waals surface area contributed by atoms with Gasteiger partial charge in [0.25, 0.3) is 5.56 Å². The Balaban J connectivity index is 1.68. The Bertz CT molecular complexity index is 1370. The molecule has 2 aliphatic carbocycles. The number of ether oxygens (including phenoxy) is 2. The SMILES string of the molecule is C/C=C/[C@@H]1[C@H]2C[C@@H](COC(C)=O)CC[C@@H]2C(C)=C[C@H]1C(=O)c1c(O)c(-c2ccc(OC(C)=O)cc2)c[nH]c1=O. The highest BCUT2D eigenvalue weighted by Crippen LogP contribution is 2.49. The highest BCUT2D eigenvalue weighted by molar-refractivity contribution is 6.03. The van der Waals surface area contributed by atoms with Gasteiger partial charge in [-0.25, -0.2) is 0 Å². The number of ketones is 1. The van der Waals surface area contributed by atoms with Crippen LogP contribution in [-0.2, 0) is 14.3 Å². The van der Waals surface area contributed by atoms with Crippen molar-refractivity contribution >= 4 is 17.7 Å². The summed E-state index contributed by atoms with van der Waals surface area (Å²) in [5.74, 6) is -1.35. The van der Waals surface area contributed by atoms with Crippen molar-refractivity contribution in [1.29, 1.82) is 0 Å². The van der Waals surface area contributed by atoms with Gasteiger partial charge in [0.1, 0.15) is 17.1 Å². The number of hydrogen-bond donors (Lipinski definition) is 2. The number of aromatic amines is 1. The number of aromatic nitrogens is 1. The van der Waals surface area contributed by atoms with E-state index in [2.05, 4.69) is 4.98 Å². The van der Waals surface area contributed by atoms with E-state index in [1.165, 1.54) is 20.0 Å². The number of carbonyl (C=O) groups is 3. The Hall–Kier alpha value is -3.94. The Morgan fingerprint density at radius 1 is 1.10 bits per heavy atom. The summed E-state index contributed by atoms with van der Waals surface area (Å²) in [4.78, 5) is 52.2. The van der Waals surface area contributed by atoms with Crippen LogP contribution in [0, 0.1) is 29.6 Å². The van der Waals surface area contributed by atoms with E-state index in [1.54, 1.807) is 24.3 Å². The monoisotopic (exact) mass is 533 g/mol. The van der Waals surface area contributed by atoms with Gasteiger partial charge in [-0.1, -0.05) is 35.9 Å². The lowest BCUT2D eigenvalue weighted by Gasteiger charge is -2.45. The molecular formula is C31H35NO7. The number of Topliss-reactive ketones (excluding diaryl/α,β-unsaturated/α-hetero) is 1. The molecule has 0 aliphatic heterocycles. The van der Waals surface area contributed by atoms with Crippen LogP contribution < -0.4 is 10.3 Å². The van der Waals surface area contributed by atoms with Crippen molar-refractivity contribution in [3.05, 3.63) is 70.2 Å². The highest BCUT2D eigenvalue weighted by atomic mass is 16.5. The van der Waals surface area contributed by atoms with E-state index in [1.807, 2.05) is 32.1 Å². The lowest BCUT2D eigenvalue weighted by molar-refractivity contribution is -0.143. The highest BCUT2D eigenvalue weighted by Gasteiger charge is 2.44. The van der Waals surface area contributed by atoms with Gasteiger partial charge in [0.2, 0.25) is 0 Å². The van der Waals surface area contributed by atoms with Gasteiger partial charge >= 0.3 is 11.9 Å². The second-order valence-corrected chi connectivity index (χ2v) is 10.5. The molecule has 8 heteroatoms. The lowest BCUT2D eigenvalue weighted by atomic mass is 9.59. The third kappa shape index (κ3) is 6.05. The van der Waals surface area contributed by atoms with Crippen LogP contribution in [0.2, 0.25) is 0 Å². The third-order valence-electron chi connectivity index (χ3n) is 7.92. The van der Waals surface area contributed by atoms with Crippen molar-refractivity contribution in [3.8, 4) is 22.6 Å². The minimum atomic E-state index is -0.651. The van der Waals surface area contributed by atoms with Crippen LogP contribution >= 0.6 is 0 Å². The minimum Gasteiger partial charge on any atom is -0.506 e. The molecule has 0 spiro atoms. The fraction of sp³-hybridized carbons (Fsp3) is 0.419. The largest absolute Gasteiger partial charge is 0.506 e. The molecule has 2 N–H and O–H groups in total. The van der Waals surface area contributed by atoms with E-state index < -0.39 is 23.2 Å². The molecule has 0 radical (unpaired) electrons. The number of H-pyrrole nitrogens is 1. The number of pyridine rings is 1. The molecule has 1 aromatic carbocycles. The topological polar surface area (TPSA) is 123 Å². The number of aromatic hydroxyl groups is 1. The van der Waals surface area contributed by atoms with Gasteiger partial charge in [0.15, 0.2) is 5.78 Å². The molecule has 39 heavy (non-hydrogen) atoms. The first kappa shape index (κ1) is 28.1. The normalized spacial score (nSPS) is 24.5. The predicted octanol–water partition coefficient (Wildman–Crippen LogP) is 5.22. The van der Waals surface area contributed by atoms with Crippen LogP contribution in [0.1, 0.15) is 57.3 Å². The van der Waals surface area contributed by atoms with Crippen molar-refractivity contribution in [2.75, 3.05) is 6.61 Å². The Kier molecular flexibility index (Phi) is 8.53. The zero-order valence-electron chi connectivity index (χ0n) is 22.7. The van der Waals surface area contributed by atoms with Crippen LogP contribution in [0.3, 0.4) is 0 Å². The maximum absolute atomic E-state index is 14.0. The molecule has 5 atom stereocenters. The first-order valence-electron chi connectivity index (χ1n) is 13.3. The number of nitrogens with one attached hydrogen (secondary N) is 1. The van der Waals surface area contributed by atoms with Crippen molar-refractivity contribution in [3.63, 3.8) is 0 Å². The molecule has 1 saturated carbocycles. The minimum absolute atomic E-state index is 0.146. The summed E-state index contributed by atoms with van der Waals surface area (Å²) < 4.78 is 10.4. The van der Waals surface area contributed by atoms with E-state index in [0.717, 1.165) is 24.8 Å². The Labute approximate surface area is 227 Å². The molecule has 0 bridgehead atoms. The number of rotatable bonds is 7. The summed E-state index contributed by atoms with van der Waals surface area (Å²) in [7, 11) is 0. The van der Waals surface area contributed by atoms with Gasteiger partial charge in [0.05, 0.1) is 6.61 Å². The van der Waals surface area contributed by atoms with E-state index in [0.29, 0.717) is 29.4 Å². The fourth-order valence-electron chi connectivity index (χ4n) is 6.20. The zero-order chi connectivity index (χ0) is 28.3. The molecule has 8 nitrogen and oxygen atoms in total. The van der Waals surface area contributed by atoms with E-state index in [4.69, 9.17) is 9.47 Å². The molecule has 206 valence electrons. The maximum Gasteiger partial charge on any atom is 0.308 e. The smallest absolute Gasteiger partial charge is 0.308 e. The van der Waals surface area contributed by atoms with Gasteiger partial charge < -0.3 is 19.6 Å². The average molecular weight is 534 g/mol. The third-order valence-corrected chi connectivity index (χ3v) is 7.92. The molecular weight excluding hydrogens is 498 g/mol. The Morgan fingerprint density at radius 3 is 2.46 bits per heavy atom. The molecule has 1 heterocycles.